The molecule has 102 valence electrons. The van der Waals surface area contributed by atoms with Crippen molar-refractivity contribution in [3.8, 4) is 0 Å². The van der Waals surface area contributed by atoms with Crippen LogP contribution in [0.25, 0.3) is 0 Å². The molecule has 0 aromatic rings. The molecule has 0 radical (unpaired) electrons. The number of carbonyl (C=O) groups excluding carboxylic acids is 2. The van der Waals surface area contributed by atoms with E-state index in [4.69, 9.17) is 9.47 Å². The number of amides is 1. The van der Waals surface area contributed by atoms with Crippen LogP contribution in [-0.4, -0.2) is 36.1 Å². The number of alkyl carbamates (subject to hydrolysis) is 1. The predicted molar refractivity (Wildman–Crippen MR) is 70.3 cm³/mol. The fourth-order valence-corrected chi connectivity index (χ4v) is 2.31. The van der Waals surface area contributed by atoms with Crippen LogP contribution in [0.2, 0.25) is 0 Å². The third kappa shape index (κ3) is 5.00. The van der Waals surface area contributed by atoms with Gasteiger partial charge in [0, 0.05) is 5.75 Å². The van der Waals surface area contributed by atoms with Gasteiger partial charge in [-0.05, 0) is 33.8 Å². The molecule has 0 aromatic carbocycles. The minimum Gasteiger partial charge on any atom is -0.462 e. The number of ether oxygens (including phenoxy) is 2. The summed E-state index contributed by atoms with van der Waals surface area (Å²) in [7, 11) is 0. The first kappa shape index (κ1) is 14.9. The Bertz CT molecular complexity index is 360. The maximum Gasteiger partial charge on any atom is 0.408 e. The zero-order valence-corrected chi connectivity index (χ0v) is 11.9. The minimum absolute atomic E-state index is 0.191. The smallest absolute Gasteiger partial charge is 0.408 e. The molecule has 0 saturated carbocycles. The van der Waals surface area contributed by atoms with Crippen molar-refractivity contribution in [1.29, 1.82) is 0 Å². The third-order valence-electron chi connectivity index (χ3n) is 1.95. The van der Waals surface area contributed by atoms with Gasteiger partial charge in [0.15, 0.2) is 0 Å². The topological polar surface area (TPSA) is 64.6 Å². The molecule has 1 atom stereocenters. The maximum absolute atomic E-state index is 11.5. The van der Waals surface area contributed by atoms with Crippen LogP contribution in [0.4, 0.5) is 4.79 Å². The van der Waals surface area contributed by atoms with Crippen molar-refractivity contribution in [3.05, 3.63) is 11.0 Å². The van der Waals surface area contributed by atoms with E-state index in [0.717, 1.165) is 0 Å². The van der Waals surface area contributed by atoms with E-state index in [1.807, 2.05) is 0 Å². The molecule has 6 heteroatoms. The highest BCUT2D eigenvalue weighted by molar-refractivity contribution is 8.04. The summed E-state index contributed by atoms with van der Waals surface area (Å²) < 4.78 is 10.0. The number of esters is 1. The maximum atomic E-state index is 11.5. The van der Waals surface area contributed by atoms with Gasteiger partial charge in [0.2, 0.25) is 0 Å². The number of hydrogen-bond acceptors (Lipinski definition) is 5. The first-order valence-corrected chi connectivity index (χ1v) is 6.81. The van der Waals surface area contributed by atoms with Gasteiger partial charge in [-0.25, -0.2) is 9.59 Å². The molecule has 0 fully saturated rings. The van der Waals surface area contributed by atoms with Crippen molar-refractivity contribution in [2.45, 2.75) is 39.3 Å². The van der Waals surface area contributed by atoms with Gasteiger partial charge in [0.05, 0.1) is 17.6 Å². The average Bonchev–Trinajstić information content (AvgIpc) is 2.63. The van der Waals surface area contributed by atoms with E-state index < -0.39 is 11.7 Å². The van der Waals surface area contributed by atoms with Crippen molar-refractivity contribution >= 4 is 23.8 Å². The molecule has 0 aliphatic carbocycles. The SMILES string of the molecule is CCOC(=O)C1=CC(NC(=O)OC(C)(C)C)CS1. The summed E-state index contributed by atoms with van der Waals surface area (Å²) >= 11 is 1.37. The lowest BCUT2D eigenvalue weighted by atomic mass is 10.2. The van der Waals surface area contributed by atoms with Gasteiger partial charge in [0.25, 0.3) is 0 Å². The van der Waals surface area contributed by atoms with E-state index in [-0.39, 0.29) is 12.0 Å². The van der Waals surface area contributed by atoms with Crippen molar-refractivity contribution in [1.82, 2.24) is 5.32 Å². The lowest BCUT2D eigenvalue weighted by Crippen LogP contribution is -2.38. The summed E-state index contributed by atoms with van der Waals surface area (Å²) in [5.41, 5.74) is -0.524. The Morgan fingerprint density at radius 2 is 2.17 bits per heavy atom. The van der Waals surface area contributed by atoms with Gasteiger partial charge in [-0.3, -0.25) is 0 Å². The Morgan fingerprint density at radius 3 is 2.72 bits per heavy atom. The molecule has 1 rings (SSSR count). The quantitative estimate of drug-likeness (QED) is 0.797. The lowest BCUT2D eigenvalue weighted by molar-refractivity contribution is -0.137. The molecule has 1 aliphatic rings. The molecule has 1 N–H and O–H groups in total. The number of nitrogens with one attached hydrogen (secondary N) is 1. The van der Waals surface area contributed by atoms with E-state index >= 15 is 0 Å². The van der Waals surface area contributed by atoms with Crippen LogP contribution in [0.15, 0.2) is 11.0 Å². The van der Waals surface area contributed by atoms with Crippen molar-refractivity contribution in [2.24, 2.45) is 0 Å². The molecule has 5 nitrogen and oxygen atoms in total. The zero-order valence-electron chi connectivity index (χ0n) is 11.1. The highest BCUT2D eigenvalue weighted by Gasteiger charge is 2.25. The van der Waals surface area contributed by atoms with E-state index in [1.54, 1.807) is 33.8 Å². The van der Waals surface area contributed by atoms with Crippen LogP contribution in [0.3, 0.4) is 0 Å². The van der Waals surface area contributed by atoms with E-state index in [9.17, 15) is 9.59 Å². The number of rotatable bonds is 3. The Labute approximate surface area is 111 Å². The molecule has 0 saturated heterocycles. The van der Waals surface area contributed by atoms with E-state index in [1.165, 1.54) is 11.8 Å². The second-order valence-corrected chi connectivity index (χ2v) is 5.88. The minimum atomic E-state index is -0.524. The molecule has 0 spiro atoms. The van der Waals surface area contributed by atoms with Crippen LogP contribution in [0, 0.1) is 0 Å². The molecule has 0 aromatic heterocycles. The summed E-state index contributed by atoms with van der Waals surface area (Å²) in [5, 5.41) is 2.70. The molecule has 1 aliphatic heterocycles. The van der Waals surface area contributed by atoms with E-state index in [0.29, 0.717) is 17.3 Å². The molecule has 1 unspecified atom stereocenters. The summed E-state index contributed by atoms with van der Waals surface area (Å²) in [6, 6.07) is -0.191. The monoisotopic (exact) mass is 273 g/mol. The van der Waals surface area contributed by atoms with Crippen LogP contribution in [-0.2, 0) is 14.3 Å². The number of carbonyl (C=O) groups is 2. The fraction of sp³-hybridized carbons (Fsp3) is 0.667. The largest absolute Gasteiger partial charge is 0.462 e. The second kappa shape index (κ2) is 6.13. The highest BCUT2D eigenvalue weighted by Crippen LogP contribution is 2.26. The summed E-state index contributed by atoms with van der Waals surface area (Å²) in [5.74, 6) is 0.281. The standard InChI is InChI=1S/C12H19NO4S/c1-5-16-10(14)9-6-8(7-18-9)13-11(15)17-12(2,3)4/h6,8H,5,7H2,1-4H3,(H,13,15). The van der Waals surface area contributed by atoms with Crippen LogP contribution in [0.1, 0.15) is 27.7 Å². The normalized spacial score (nSPS) is 19.1. The van der Waals surface area contributed by atoms with Gasteiger partial charge in [-0.2, -0.15) is 0 Å². The summed E-state index contributed by atoms with van der Waals surface area (Å²) in [4.78, 5) is 23.5. The highest BCUT2D eigenvalue weighted by atomic mass is 32.2. The Hall–Kier alpha value is -1.17. The van der Waals surface area contributed by atoms with Crippen LogP contribution >= 0.6 is 11.8 Å². The Morgan fingerprint density at radius 1 is 1.50 bits per heavy atom. The first-order chi connectivity index (χ1) is 8.31. The van der Waals surface area contributed by atoms with Gasteiger partial charge in [-0.15, -0.1) is 11.8 Å². The first-order valence-electron chi connectivity index (χ1n) is 5.83. The predicted octanol–water partition coefficient (Wildman–Crippen LogP) is 2.07. The van der Waals surface area contributed by atoms with Crippen molar-refractivity contribution in [2.75, 3.05) is 12.4 Å². The summed E-state index contributed by atoms with van der Waals surface area (Å²) in [6.45, 7) is 7.51. The third-order valence-corrected chi connectivity index (χ3v) is 3.09. The molecular formula is C12H19NO4S. The molecule has 0 bridgehead atoms. The van der Waals surface area contributed by atoms with Gasteiger partial charge in [0.1, 0.15) is 5.60 Å². The molecule has 1 amide bonds. The van der Waals surface area contributed by atoms with Gasteiger partial charge < -0.3 is 14.8 Å². The van der Waals surface area contributed by atoms with Crippen LogP contribution < -0.4 is 5.32 Å². The van der Waals surface area contributed by atoms with Crippen molar-refractivity contribution < 1.29 is 19.1 Å². The molecule has 1 heterocycles. The average molecular weight is 273 g/mol. The Balaban J connectivity index is 2.46. The zero-order chi connectivity index (χ0) is 13.8. The van der Waals surface area contributed by atoms with Crippen molar-refractivity contribution in [3.63, 3.8) is 0 Å². The van der Waals surface area contributed by atoms with Gasteiger partial charge in [-0.1, -0.05) is 0 Å². The Kier molecular flexibility index (Phi) is 5.07. The van der Waals surface area contributed by atoms with E-state index in [2.05, 4.69) is 5.32 Å². The lowest BCUT2D eigenvalue weighted by Gasteiger charge is -2.21. The molecular weight excluding hydrogens is 254 g/mol. The summed E-state index contributed by atoms with van der Waals surface area (Å²) in [6.07, 6.45) is 1.22. The van der Waals surface area contributed by atoms with Gasteiger partial charge >= 0.3 is 12.1 Å². The number of hydrogen-bond donors (Lipinski definition) is 1. The second-order valence-electron chi connectivity index (χ2n) is 4.82. The number of thioether (sulfide) groups is 1. The molecule has 18 heavy (non-hydrogen) atoms. The van der Waals surface area contributed by atoms with Crippen LogP contribution in [0.5, 0.6) is 0 Å². The fourth-order valence-electron chi connectivity index (χ4n) is 1.33.